The highest BCUT2D eigenvalue weighted by Gasteiger charge is 2.33. The Kier molecular flexibility index (Phi) is 5.89. The molecule has 0 heterocycles. The Balaban J connectivity index is 2.92. The lowest BCUT2D eigenvalue weighted by Crippen LogP contribution is -2.41. The van der Waals surface area contributed by atoms with E-state index in [1.54, 1.807) is 0 Å². The van der Waals surface area contributed by atoms with E-state index in [0.29, 0.717) is 4.90 Å². The summed E-state index contributed by atoms with van der Waals surface area (Å²) in [7, 11) is 0. The number of hydrogen-bond acceptors (Lipinski definition) is 3. The van der Waals surface area contributed by atoms with Crippen LogP contribution in [-0.2, 0) is 0 Å². The zero-order chi connectivity index (χ0) is 16.0. The number of carbonyl (C=O) groups is 1. The molecule has 1 aromatic carbocycles. The number of carbonyl (C=O) groups excluding carboxylic acids is 1. The number of nitrogens with two attached hydrogens (primary N) is 1. The van der Waals surface area contributed by atoms with E-state index in [0.717, 1.165) is 6.07 Å². The van der Waals surface area contributed by atoms with Crippen molar-refractivity contribution in [2.45, 2.75) is 12.8 Å². The highest BCUT2D eigenvalue weighted by atomic mass is 19.4. The van der Waals surface area contributed by atoms with Crippen molar-refractivity contribution in [3.05, 3.63) is 29.8 Å². The minimum atomic E-state index is -4.58. The molecule has 9 heteroatoms. The lowest BCUT2D eigenvalue weighted by Gasteiger charge is -2.23. The first-order valence-electron chi connectivity index (χ1n) is 5.84. The third-order valence-electron chi connectivity index (χ3n) is 2.36. The summed E-state index contributed by atoms with van der Waals surface area (Å²) < 4.78 is 65.4. The van der Waals surface area contributed by atoms with Gasteiger partial charge in [-0.3, -0.25) is 4.79 Å². The zero-order valence-electron chi connectivity index (χ0n) is 10.7. The standard InChI is InChI=1S/C12H13F5N2O2/c13-11(14)21-9-3-1-2-8(6-9)10(20)19(5-4-18)7-12(15,16)17/h1-3,6,11H,4-5,7,18H2. The second-order valence-electron chi connectivity index (χ2n) is 4.04. The molecule has 0 spiro atoms. The highest BCUT2D eigenvalue weighted by molar-refractivity contribution is 5.94. The Labute approximate surface area is 117 Å². The molecule has 2 N–H and O–H groups in total. The normalized spacial score (nSPS) is 11.6. The van der Waals surface area contributed by atoms with Crippen LogP contribution in [-0.4, -0.2) is 43.2 Å². The zero-order valence-corrected chi connectivity index (χ0v) is 10.7. The van der Waals surface area contributed by atoms with Gasteiger partial charge < -0.3 is 15.4 Å². The second kappa shape index (κ2) is 7.21. The largest absolute Gasteiger partial charge is 0.435 e. The first kappa shape index (κ1) is 17.2. The fraction of sp³-hybridized carbons (Fsp3) is 0.417. The van der Waals surface area contributed by atoms with E-state index >= 15 is 0 Å². The molecule has 21 heavy (non-hydrogen) atoms. The van der Waals surface area contributed by atoms with Crippen LogP contribution in [0.25, 0.3) is 0 Å². The summed E-state index contributed by atoms with van der Waals surface area (Å²) in [5.41, 5.74) is 4.99. The van der Waals surface area contributed by atoms with Gasteiger partial charge in [0.25, 0.3) is 5.91 Å². The van der Waals surface area contributed by atoms with Gasteiger partial charge in [-0.2, -0.15) is 22.0 Å². The summed E-state index contributed by atoms with van der Waals surface area (Å²) in [5, 5.41) is 0. The van der Waals surface area contributed by atoms with Crippen LogP contribution in [0.5, 0.6) is 5.75 Å². The van der Waals surface area contributed by atoms with Gasteiger partial charge in [0, 0.05) is 18.7 Å². The quantitative estimate of drug-likeness (QED) is 0.820. The summed E-state index contributed by atoms with van der Waals surface area (Å²) in [5.74, 6) is -1.27. The third-order valence-corrected chi connectivity index (χ3v) is 2.36. The molecule has 0 atom stereocenters. The third kappa shape index (κ3) is 5.94. The van der Waals surface area contributed by atoms with Crippen molar-refractivity contribution >= 4 is 5.91 Å². The molecule has 1 aromatic rings. The predicted octanol–water partition coefficient (Wildman–Crippen LogP) is 2.25. The molecule has 0 fully saturated rings. The van der Waals surface area contributed by atoms with Crippen LogP contribution < -0.4 is 10.5 Å². The summed E-state index contributed by atoms with van der Waals surface area (Å²) in [6, 6.07) is 4.56. The van der Waals surface area contributed by atoms with Crippen LogP contribution in [0.4, 0.5) is 22.0 Å². The molecule has 0 aromatic heterocycles. The van der Waals surface area contributed by atoms with Gasteiger partial charge >= 0.3 is 12.8 Å². The van der Waals surface area contributed by atoms with Crippen molar-refractivity contribution in [2.75, 3.05) is 19.6 Å². The smallest absolute Gasteiger partial charge is 0.406 e. The number of halogens is 5. The topological polar surface area (TPSA) is 55.6 Å². The maximum Gasteiger partial charge on any atom is 0.406 e. The average Bonchev–Trinajstić information content (AvgIpc) is 2.35. The Bertz CT molecular complexity index is 479. The average molecular weight is 312 g/mol. The predicted molar refractivity (Wildman–Crippen MR) is 64.1 cm³/mol. The van der Waals surface area contributed by atoms with Gasteiger partial charge in [0.2, 0.25) is 0 Å². The van der Waals surface area contributed by atoms with E-state index in [1.807, 2.05) is 0 Å². The number of ether oxygens (including phenoxy) is 1. The Morgan fingerprint density at radius 2 is 2.00 bits per heavy atom. The molecule has 0 aliphatic heterocycles. The maximum absolute atomic E-state index is 12.4. The van der Waals surface area contributed by atoms with Crippen molar-refractivity contribution in [3.63, 3.8) is 0 Å². The molecule has 1 amide bonds. The number of hydrogen-bond donors (Lipinski definition) is 1. The molecule has 0 saturated carbocycles. The Morgan fingerprint density at radius 3 is 2.52 bits per heavy atom. The van der Waals surface area contributed by atoms with E-state index in [9.17, 15) is 26.7 Å². The lowest BCUT2D eigenvalue weighted by molar-refractivity contribution is -0.140. The van der Waals surface area contributed by atoms with Gasteiger partial charge in [-0.15, -0.1) is 0 Å². The molecule has 0 aliphatic carbocycles. The molecule has 4 nitrogen and oxygen atoms in total. The summed E-state index contributed by atoms with van der Waals surface area (Å²) in [6.45, 7) is -5.03. The van der Waals surface area contributed by atoms with Crippen LogP contribution in [0.3, 0.4) is 0 Å². The van der Waals surface area contributed by atoms with Gasteiger partial charge in [-0.25, -0.2) is 0 Å². The van der Waals surface area contributed by atoms with Crippen LogP contribution in [0.2, 0.25) is 0 Å². The summed E-state index contributed by atoms with van der Waals surface area (Å²) in [4.78, 5) is 12.5. The Hall–Kier alpha value is -1.90. The van der Waals surface area contributed by atoms with Gasteiger partial charge in [0.05, 0.1) is 0 Å². The van der Waals surface area contributed by atoms with E-state index in [2.05, 4.69) is 4.74 Å². The minimum absolute atomic E-state index is 0.158. The maximum atomic E-state index is 12.4. The van der Waals surface area contributed by atoms with Crippen LogP contribution in [0, 0.1) is 0 Å². The molecule has 0 aliphatic rings. The molecule has 0 bridgehead atoms. The van der Waals surface area contributed by atoms with Crippen molar-refractivity contribution in [1.29, 1.82) is 0 Å². The fourth-order valence-corrected chi connectivity index (χ4v) is 1.61. The molecule has 0 radical (unpaired) electrons. The molecule has 118 valence electrons. The summed E-state index contributed by atoms with van der Waals surface area (Å²) in [6.07, 6.45) is -4.58. The van der Waals surface area contributed by atoms with Crippen molar-refractivity contribution in [2.24, 2.45) is 5.73 Å². The summed E-state index contributed by atoms with van der Waals surface area (Å²) >= 11 is 0. The number of nitrogens with zero attached hydrogens (tertiary/aromatic N) is 1. The number of alkyl halides is 5. The Morgan fingerprint density at radius 1 is 1.33 bits per heavy atom. The van der Waals surface area contributed by atoms with Gasteiger partial charge in [-0.1, -0.05) is 6.07 Å². The molecule has 1 rings (SSSR count). The van der Waals surface area contributed by atoms with E-state index in [-0.39, 0.29) is 24.4 Å². The number of benzene rings is 1. The molecule has 0 unspecified atom stereocenters. The number of rotatable bonds is 6. The first-order chi connectivity index (χ1) is 9.73. The highest BCUT2D eigenvalue weighted by Crippen LogP contribution is 2.20. The molecular weight excluding hydrogens is 299 g/mol. The van der Waals surface area contributed by atoms with Crippen molar-refractivity contribution < 1.29 is 31.5 Å². The van der Waals surface area contributed by atoms with Crippen molar-refractivity contribution in [3.8, 4) is 5.75 Å². The van der Waals surface area contributed by atoms with Gasteiger partial charge in [0.1, 0.15) is 12.3 Å². The second-order valence-corrected chi connectivity index (χ2v) is 4.04. The van der Waals surface area contributed by atoms with Crippen LogP contribution in [0.1, 0.15) is 10.4 Å². The molecular formula is C12H13F5N2O2. The number of amides is 1. The van der Waals surface area contributed by atoms with Gasteiger partial charge in [-0.05, 0) is 18.2 Å². The van der Waals surface area contributed by atoms with Gasteiger partial charge in [0.15, 0.2) is 0 Å². The van der Waals surface area contributed by atoms with E-state index in [4.69, 9.17) is 5.73 Å². The molecule has 0 saturated heterocycles. The minimum Gasteiger partial charge on any atom is -0.435 e. The SMILES string of the molecule is NCCN(CC(F)(F)F)C(=O)c1cccc(OC(F)F)c1. The van der Waals surface area contributed by atoms with E-state index in [1.165, 1.54) is 18.2 Å². The van der Waals surface area contributed by atoms with Crippen molar-refractivity contribution in [1.82, 2.24) is 4.90 Å². The van der Waals surface area contributed by atoms with E-state index < -0.39 is 25.2 Å². The lowest BCUT2D eigenvalue weighted by atomic mass is 10.2. The van der Waals surface area contributed by atoms with Crippen LogP contribution in [0.15, 0.2) is 24.3 Å². The fourth-order valence-electron chi connectivity index (χ4n) is 1.61. The van der Waals surface area contributed by atoms with Crippen LogP contribution >= 0.6 is 0 Å². The monoisotopic (exact) mass is 312 g/mol. The first-order valence-corrected chi connectivity index (χ1v) is 5.84.